The van der Waals surface area contributed by atoms with E-state index in [1.807, 2.05) is 27.7 Å². The molecule has 1 spiro atoms. The maximum atomic E-state index is 13.5. The van der Waals surface area contributed by atoms with E-state index in [1.165, 1.54) is 4.90 Å². The van der Waals surface area contributed by atoms with Crippen molar-refractivity contribution < 1.29 is 29.0 Å². The molecular formula is C20H32N2O6. The van der Waals surface area contributed by atoms with Gasteiger partial charge < -0.3 is 24.8 Å². The second-order valence-corrected chi connectivity index (χ2v) is 9.04. The molecule has 0 aromatic heterocycles. The van der Waals surface area contributed by atoms with Gasteiger partial charge in [0.15, 0.2) is 0 Å². The number of hydrogen-bond acceptors (Lipinski definition) is 6. The van der Waals surface area contributed by atoms with E-state index >= 15 is 0 Å². The molecule has 8 nitrogen and oxygen atoms in total. The Morgan fingerprint density at radius 3 is 2.61 bits per heavy atom. The zero-order valence-corrected chi connectivity index (χ0v) is 17.4. The average Bonchev–Trinajstić information content (AvgIpc) is 3.23. The van der Waals surface area contributed by atoms with Crippen LogP contribution in [0.2, 0.25) is 0 Å². The van der Waals surface area contributed by atoms with Gasteiger partial charge in [-0.25, -0.2) is 0 Å². The number of fused-ring (bicyclic) bond motifs is 1. The molecule has 2 N–H and O–H groups in total. The molecule has 3 rings (SSSR count). The van der Waals surface area contributed by atoms with Crippen molar-refractivity contribution >= 4 is 17.8 Å². The van der Waals surface area contributed by atoms with Crippen LogP contribution in [0.1, 0.15) is 53.9 Å². The van der Waals surface area contributed by atoms with Gasteiger partial charge in [-0.3, -0.25) is 14.4 Å². The minimum absolute atomic E-state index is 0.224. The van der Waals surface area contributed by atoms with Crippen molar-refractivity contribution in [3.63, 3.8) is 0 Å². The number of likely N-dealkylation sites (tertiary alicyclic amines) is 1. The summed E-state index contributed by atoms with van der Waals surface area (Å²) in [5.41, 5.74) is -1.53. The lowest BCUT2D eigenvalue weighted by Crippen LogP contribution is -2.60. The van der Waals surface area contributed by atoms with Gasteiger partial charge in [0.05, 0.1) is 37.2 Å². The van der Waals surface area contributed by atoms with Gasteiger partial charge in [-0.1, -0.05) is 6.92 Å². The molecule has 0 saturated carbocycles. The quantitative estimate of drug-likeness (QED) is 0.638. The molecule has 3 fully saturated rings. The lowest BCUT2D eigenvalue weighted by Gasteiger charge is -2.38. The highest BCUT2D eigenvalue weighted by Gasteiger charge is 2.75. The molecule has 2 amide bonds. The van der Waals surface area contributed by atoms with Gasteiger partial charge in [-0.2, -0.15) is 0 Å². The normalized spacial score (nSPS) is 35.1. The maximum Gasteiger partial charge on any atom is 0.312 e. The van der Waals surface area contributed by atoms with Gasteiger partial charge in [-0.15, -0.1) is 0 Å². The van der Waals surface area contributed by atoms with E-state index in [2.05, 4.69) is 5.32 Å². The zero-order chi connectivity index (χ0) is 20.9. The summed E-state index contributed by atoms with van der Waals surface area (Å²) in [6.07, 6.45) is 1.23. The number of ether oxygens (including phenoxy) is 2. The third-order valence-electron chi connectivity index (χ3n) is 6.12. The second-order valence-electron chi connectivity index (χ2n) is 9.04. The topological polar surface area (TPSA) is 105 Å². The van der Waals surface area contributed by atoms with E-state index in [-0.39, 0.29) is 25.0 Å². The molecule has 28 heavy (non-hydrogen) atoms. The van der Waals surface area contributed by atoms with E-state index in [0.29, 0.717) is 19.3 Å². The van der Waals surface area contributed by atoms with E-state index in [0.717, 1.165) is 0 Å². The summed E-state index contributed by atoms with van der Waals surface area (Å²) in [5.74, 6) is -2.49. The number of esters is 1. The lowest BCUT2D eigenvalue weighted by atomic mass is 9.70. The molecule has 2 unspecified atom stereocenters. The highest BCUT2D eigenvalue weighted by molar-refractivity contribution is 5.98. The number of carbonyl (C=O) groups excluding carboxylic acids is 3. The smallest absolute Gasteiger partial charge is 0.312 e. The van der Waals surface area contributed by atoms with Crippen molar-refractivity contribution in [1.82, 2.24) is 10.2 Å². The number of hydrogen-bond donors (Lipinski definition) is 2. The van der Waals surface area contributed by atoms with Crippen molar-refractivity contribution in [2.75, 3.05) is 13.2 Å². The Bertz CT molecular complexity index is 656. The predicted molar refractivity (Wildman–Crippen MR) is 100 cm³/mol. The van der Waals surface area contributed by atoms with E-state index in [4.69, 9.17) is 9.47 Å². The Morgan fingerprint density at radius 2 is 2.07 bits per heavy atom. The Labute approximate surface area is 165 Å². The fraction of sp³-hybridized carbons (Fsp3) is 0.850. The molecule has 0 radical (unpaired) electrons. The van der Waals surface area contributed by atoms with Crippen LogP contribution in [-0.2, 0) is 23.9 Å². The number of aliphatic hydroxyl groups is 1. The minimum Gasteiger partial charge on any atom is -0.466 e. The first-order valence-corrected chi connectivity index (χ1v) is 10.2. The summed E-state index contributed by atoms with van der Waals surface area (Å²) >= 11 is 0. The molecule has 3 saturated heterocycles. The van der Waals surface area contributed by atoms with Crippen LogP contribution in [-0.4, -0.2) is 70.3 Å². The second kappa shape index (κ2) is 7.30. The summed E-state index contributed by atoms with van der Waals surface area (Å²) in [6, 6.07) is -1.38. The number of nitrogens with zero attached hydrogens (tertiary/aromatic N) is 1. The highest BCUT2D eigenvalue weighted by atomic mass is 16.6. The molecule has 158 valence electrons. The Morgan fingerprint density at radius 1 is 1.39 bits per heavy atom. The van der Waals surface area contributed by atoms with Crippen LogP contribution < -0.4 is 5.32 Å². The van der Waals surface area contributed by atoms with Crippen molar-refractivity contribution in [3.8, 4) is 0 Å². The molecule has 0 aromatic carbocycles. The van der Waals surface area contributed by atoms with Crippen LogP contribution in [0.25, 0.3) is 0 Å². The van der Waals surface area contributed by atoms with Crippen molar-refractivity contribution in [3.05, 3.63) is 0 Å². The predicted octanol–water partition coefficient (Wildman–Crippen LogP) is 0.610. The molecule has 6 atom stereocenters. The lowest BCUT2D eigenvalue weighted by molar-refractivity contribution is -0.155. The number of aliphatic hydroxyl groups excluding tert-OH is 1. The van der Waals surface area contributed by atoms with Gasteiger partial charge in [0.25, 0.3) is 0 Å². The molecular weight excluding hydrogens is 364 g/mol. The van der Waals surface area contributed by atoms with Crippen LogP contribution in [0, 0.1) is 11.8 Å². The van der Waals surface area contributed by atoms with Crippen LogP contribution in [0.15, 0.2) is 0 Å². The summed E-state index contributed by atoms with van der Waals surface area (Å²) in [4.78, 5) is 40.9. The van der Waals surface area contributed by atoms with Crippen LogP contribution in [0.4, 0.5) is 0 Å². The number of carbonyl (C=O) groups is 3. The third kappa shape index (κ3) is 3.10. The van der Waals surface area contributed by atoms with Crippen LogP contribution >= 0.6 is 0 Å². The van der Waals surface area contributed by atoms with Crippen LogP contribution in [0.3, 0.4) is 0 Å². The van der Waals surface area contributed by atoms with Gasteiger partial charge >= 0.3 is 5.97 Å². The summed E-state index contributed by atoms with van der Waals surface area (Å²) in [7, 11) is 0. The first kappa shape index (κ1) is 21.0. The minimum atomic E-state index is -1.04. The molecule has 3 aliphatic rings. The largest absolute Gasteiger partial charge is 0.466 e. The highest BCUT2D eigenvalue weighted by Crippen LogP contribution is 2.59. The molecule has 3 aliphatic heterocycles. The third-order valence-corrected chi connectivity index (χ3v) is 6.12. The summed E-state index contributed by atoms with van der Waals surface area (Å²) in [5, 5.41) is 12.8. The summed E-state index contributed by atoms with van der Waals surface area (Å²) < 4.78 is 11.5. The van der Waals surface area contributed by atoms with Gasteiger partial charge in [0.2, 0.25) is 11.8 Å². The van der Waals surface area contributed by atoms with Crippen molar-refractivity contribution in [2.45, 2.75) is 83.2 Å². The van der Waals surface area contributed by atoms with Crippen molar-refractivity contribution in [2.24, 2.45) is 11.8 Å². The van der Waals surface area contributed by atoms with Crippen LogP contribution in [0.5, 0.6) is 0 Å². The van der Waals surface area contributed by atoms with Gasteiger partial charge in [0.1, 0.15) is 11.6 Å². The standard InChI is InChI=1S/C20H32N2O6/c1-6-11(10-23)22-15(16(24)21-19(3,4)5)20-9-8-12(28-20)13(14(20)17(22)25)18(26)27-7-2/h11-15,23H,6-10H2,1-5H3,(H,21,24)/t11-,12-,13+,14-,15?,20?/m0/s1. The Kier molecular flexibility index (Phi) is 5.49. The number of nitrogens with one attached hydrogen (secondary N) is 1. The van der Waals surface area contributed by atoms with Gasteiger partial charge in [0, 0.05) is 5.54 Å². The maximum absolute atomic E-state index is 13.5. The number of rotatable bonds is 6. The molecule has 0 aliphatic carbocycles. The monoisotopic (exact) mass is 396 g/mol. The fourth-order valence-electron chi connectivity index (χ4n) is 5.14. The average molecular weight is 396 g/mol. The van der Waals surface area contributed by atoms with E-state index in [1.54, 1.807) is 6.92 Å². The Hall–Kier alpha value is -1.67. The SMILES string of the molecule is CCOC(=O)[C@@H]1[C@@H]2CCC3(O2)C(C(=O)NC(C)(C)C)N([C@@H](CC)CO)C(=O)[C@H]13. The molecule has 0 aromatic rings. The Balaban J connectivity index is 2.04. The molecule has 3 heterocycles. The van der Waals surface area contributed by atoms with Crippen molar-refractivity contribution in [1.29, 1.82) is 0 Å². The summed E-state index contributed by atoms with van der Waals surface area (Å²) in [6.45, 7) is 9.18. The van der Waals surface area contributed by atoms with Gasteiger partial charge in [-0.05, 0) is 47.0 Å². The molecule has 2 bridgehead atoms. The first-order chi connectivity index (χ1) is 13.1. The number of amides is 2. The zero-order valence-electron chi connectivity index (χ0n) is 17.4. The molecule has 8 heteroatoms. The fourth-order valence-corrected chi connectivity index (χ4v) is 5.14. The first-order valence-electron chi connectivity index (χ1n) is 10.2. The van der Waals surface area contributed by atoms with E-state index in [9.17, 15) is 19.5 Å². The van der Waals surface area contributed by atoms with E-state index < -0.39 is 47.1 Å².